The van der Waals surface area contributed by atoms with E-state index in [1.807, 2.05) is 19.1 Å². The zero-order valence-electron chi connectivity index (χ0n) is 10.6. The summed E-state index contributed by atoms with van der Waals surface area (Å²) in [6.07, 6.45) is 3.75. The first kappa shape index (κ1) is 11.8. The molecule has 5 heteroatoms. The van der Waals surface area contributed by atoms with Crippen molar-refractivity contribution < 1.29 is 4.79 Å². The predicted octanol–water partition coefficient (Wildman–Crippen LogP) is 2.31. The molecule has 1 aliphatic carbocycles. The van der Waals surface area contributed by atoms with Gasteiger partial charge in [-0.2, -0.15) is 0 Å². The van der Waals surface area contributed by atoms with Crippen LogP contribution in [0.25, 0.3) is 0 Å². The lowest BCUT2D eigenvalue weighted by atomic mass is 10.2. The van der Waals surface area contributed by atoms with E-state index in [4.69, 9.17) is 0 Å². The van der Waals surface area contributed by atoms with Crippen LogP contribution in [0.3, 0.4) is 0 Å². The first-order valence-corrected chi connectivity index (χ1v) is 6.29. The fourth-order valence-corrected chi connectivity index (χ4v) is 1.89. The monoisotopic (exact) mass is 254 g/mol. The van der Waals surface area contributed by atoms with Gasteiger partial charge in [-0.3, -0.25) is 4.79 Å². The minimum Gasteiger partial charge on any atom is -0.305 e. The van der Waals surface area contributed by atoms with Crippen LogP contribution in [0.5, 0.6) is 0 Å². The number of anilines is 1. The lowest BCUT2D eigenvalue weighted by molar-refractivity contribution is 0.102. The van der Waals surface area contributed by atoms with Crippen molar-refractivity contribution in [1.29, 1.82) is 0 Å². The van der Waals surface area contributed by atoms with Gasteiger partial charge in [0, 0.05) is 17.3 Å². The maximum absolute atomic E-state index is 12.1. The molecule has 0 saturated heterocycles. The number of hydrogen-bond acceptors (Lipinski definition) is 4. The number of aromatic nitrogens is 3. The van der Waals surface area contributed by atoms with Gasteiger partial charge < -0.3 is 5.32 Å². The van der Waals surface area contributed by atoms with Crippen LogP contribution < -0.4 is 5.32 Å². The molecule has 2 heterocycles. The van der Waals surface area contributed by atoms with Crippen molar-refractivity contribution in [1.82, 2.24) is 15.0 Å². The third kappa shape index (κ3) is 2.76. The van der Waals surface area contributed by atoms with Gasteiger partial charge in [-0.25, -0.2) is 15.0 Å². The van der Waals surface area contributed by atoms with E-state index in [1.165, 1.54) is 6.33 Å². The van der Waals surface area contributed by atoms with E-state index in [2.05, 4.69) is 20.3 Å². The lowest BCUT2D eigenvalue weighted by Crippen LogP contribution is -2.15. The lowest BCUT2D eigenvalue weighted by Gasteiger charge is -2.05. The van der Waals surface area contributed by atoms with Crippen LogP contribution >= 0.6 is 0 Å². The van der Waals surface area contributed by atoms with Gasteiger partial charge in [0.2, 0.25) is 0 Å². The van der Waals surface area contributed by atoms with Gasteiger partial charge in [0.05, 0.1) is 0 Å². The third-order valence-corrected chi connectivity index (χ3v) is 3.05. The van der Waals surface area contributed by atoms with Crippen LogP contribution in [-0.4, -0.2) is 20.9 Å². The van der Waals surface area contributed by atoms with Crippen LogP contribution in [0.15, 0.2) is 30.6 Å². The molecule has 1 aliphatic rings. The van der Waals surface area contributed by atoms with Gasteiger partial charge in [-0.15, -0.1) is 0 Å². The van der Waals surface area contributed by atoms with Crippen molar-refractivity contribution in [2.75, 3.05) is 5.32 Å². The quantitative estimate of drug-likeness (QED) is 0.912. The topological polar surface area (TPSA) is 67.8 Å². The number of carbonyl (C=O) groups excluding carboxylic acids is 1. The summed E-state index contributed by atoms with van der Waals surface area (Å²) in [5.41, 5.74) is 2.21. The molecule has 0 unspecified atom stereocenters. The zero-order valence-corrected chi connectivity index (χ0v) is 10.6. The van der Waals surface area contributed by atoms with Crippen molar-refractivity contribution >= 4 is 11.7 Å². The SMILES string of the molecule is Cc1cccc(NC(=O)c2cc(C3CC3)ncn2)n1. The Morgan fingerprint density at radius 1 is 1.32 bits per heavy atom. The molecule has 3 rings (SSSR count). The molecule has 0 radical (unpaired) electrons. The molecule has 1 amide bonds. The van der Waals surface area contributed by atoms with Crippen LogP contribution in [0.4, 0.5) is 5.82 Å². The maximum Gasteiger partial charge on any atom is 0.275 e. The Labute approximate surface area is 111 Å². The number of carbonyl (C=O) groups is 1. The standard InChI is InChI=1S/C14H14N4O/c1-9-3-2-4-13(17-9)18-14(19)12-7-11(10-5-6-10)15-8-16-12/h2-4,7-8,10H,5-6H2,1H3,(H,17,18,19). The molecule has 5 nitrogen and oxygen atoms in total. The number of amides is 1. The summed E-state index contributed by atoms with van der Waals surface area (Å²) in [7, 11) is 0. The predicted molar refractivity (Wildman–Crippen MR) is 70.9 cm³/mol. The van der Waals surface area contributed by atoms with E-state index in [9.17, 15) is 4.79 Å². The van der Waals surface area contributed by atoms with Gasteiger partial charge in [0.15, 0.2) is 0 Å². The van der Waals surface area contributed by atoms with Gasteiger partial charge in [0.25, 0.3) is 5.91 Å². The highest BCUT2D eigenvalue weighted by Gasteiger charge is 2.25. The Kier molecular flexibility index (Phi) is 2.95. The average Bonchev–Trinajstić information content (AvgIpc) is 3.23. The molecule has 0 aromatic carbocycles. The summed E-state index contributed by atoms with van der Waals surface area (Å²) in [6, 6.07) is 7.26. The Bertz CT molecular complexity index is 622. The van der Waals surface area contributed by atoms with Crippen LogP contribution in [0.2, 0.25) is 0 Å². The van der Waals surface area contributed by atoms with Gasteiger partial charge >= 0.3 is 0 Å². The molecule has 1 N–H and O–H groups in total. The zero-order chi connectivity index (χ0) is 13.2. The summed E-state index contributed by atoms with van der Waals surface area (Å²) in [6.45, 7) is 1.88. The number of nitrogens with one attached hydrogen (secondary N) is 1. The molecule has 0 atom stereocenters. The number of pyridine rings is 1. The van der Waals surface area contributed by atoms with E-state index < -0.39 is 0 Å². The van der Waals surface area contributed by atoms with E-state index in [-0.39, 0.29) is 5.91 Å². The second-order valence-corrected chi connectivity index (χ2v) is 4.72. The fourth-order valence-electron chi connectivity index (χ4n) is 1.89. The molecule has 1 fully saturated rings. The van der Waals surface area contributed by atoms with E-state index in [1.54, 1.807) is 12.1 Å². The minimum atomic E-state index is -0.248. The van der Waals surface area contributed by atoms with Crippen molar-refractivity contribution in [3.8, 4) is 0 Å². The van der Waals surface area contributed by atoms with Crippen LogP contribution in [0.1, 0.15) is 40.6 Å². The summed E-state index contributed by atoms with van der Waals surface area (Å²) in [4.78, 5) is 24.5. The molecule has 0 bridgehead atoms. The summed E-state index contributed by atoms with van der Waals surface area (Å²) in [5, 5.41) is 2.75. The maximum atomic E-state index is 12.1. The van der Waals surface area contributed by atoms with E-state index in [0.717, 1.165) is 24.2 Å². The van der Waals surface area contributed by atoms with Gasteiger partial charge in [-0.1, -0.05) is 6.07 Å². The second-order valence-electron chi connectivity index (χ2n) is 4.72. The number of nitrogens with zero attached hydrogens (tertiary/aromatic N) is 3. The van der Waals surface area contributed by atoms with Crippen molar-refractivity contribution in [2.24, 2.45) is 0 Å². The Balaban J connectivity index is 1.78. The minimum absolute atomic E-state index is 0.248. The molecule has 96 valence electrons. The molecule has 2 aromatic rings. The molecule has 2 aromatic heterocycles. The highest BCUT2D eigenvalue weighted by atomic mass is 16.1. The molecular weight excluding hydrogens is 240 g/mol. The highest BCUT2D eigenvalue weighted by molar-refractivity contribution is 6.02. The summed E-state index contributed by atoms with van der Waals surface area (Å²) < 4.78 is 0. The molecule has 1 saturated carbocycles. The van der Waals surface area contributed by atoms with E-state index >= 15 is 0 Å². The number of rotatable bonds is 3. The average molecular weight is 254 g/mol. The highest BCUT2D eigenvalue weighted by Crippen LogP contribution is 2.38. The normalized spacial score (nSPS) is 14.2. The number of hydrogen-bond donors (Lipinski definition) is 1. The molecular formula is C14H14N4O. The van der Waals surface area contributed by atoms with Crippen molar-refractivity contribution in [2.45, 2.75) is 25.7 Å². The summed E-state index contributed by atoms with van der Waals surface area (Å²) in [5.74, 6) is 0.797. The summed E-state index contributed by atoms with van der Waals surface area (Å²) >= 11 is 0. The van der Waals surface area contributed by atoms with Crippen molar-refractivity contribution in [3.63, 3.8) is 0 Å². The van der Waals surface area contributed by atoms with E-state index in [0.29, 0.717) is 17.4 Å². The third-order valence-electron chi connectivity index (χ3n) is 3.05. The Hall–Kier alpha value is -2.30. The van der Waals surface area contributed by atoms with Gasteiger partial charge in [0.1, 0.15) is 17.8 Å². The van der Waals surface area contributed by atoms with Gasteiger partial charge in [-0.05, 0) is 38.0 Å². The fraction of sp³-hybridized carbons (Fsp3) is 0.286. The van der Waals surface area contributed by atoms with Crippen LogP contribution in [-0.2, 0) is 0 Å². The van der Waals surface area contributed by atoms with Crippen molar-refractivity contribution in [3.05, 3.63) is 47.7 Å². The Morgan fingerprint density at radius 3 is 2.89 bits per heavy atom. The van der Waals surface area contributed by atoms with Crippen LogP contribution in [0, 0.1) is 6.92 Å². The largest absolute Gasteiger partial charge is 0.305 e. The molecule has 0 spiro atoms. The first-order valence-electron chi connectivity index (χ1n) is 6.29. The smallest absolute Gasteiger partial charge is 0.275 e. The first-order chi connectivity index (χ1) is 9.22. The molecule has 0 aliphatic heterocycles. The second kappa shape index (κ2) is 4.76. The molecule has 19 heavy (non-hydrogen) atoms. The number of aryl methyl sites for hydroxylation is 1. The Morgan fingerprint density at radius 2 is 2.16 bits per heavy atom.